The summed E-state index contributed by atoms with van der Waals surface area (Å²) in [5.74, 6) is 2.62. The van der Waals surface area contributed by atoms with E-state index in [-0.39, 0.29) is 18.0 Å². The lowest BCUT2D eigenvalue weighted by Crippen LogP contribution is -2.36. The van der Waals surface area contributed by atoms with Crippen LogP contribution in [0.4, 0.5) is 22.1 Å². The van der Waals surface area contributed by atoms with Gasteiger partial charge < -0.3 is 34.6 Å². The van der Waals surface area contributed by atoms with Crippen LogP contribution in [-0.2, 0) is 11.3 Å². The summed E-state index contributed by atoms with van der Waals surface area (Å²) in [5.41, 5.74) is 2.46. The first-order valence-corrected chi connectivity index (χ1v) is 16.4. The number of amides is 2. The molecule has 0 spiro atoms. The molecule has 1 fully saturated rings. The number of likely N-dealkylation sites (tertiary alicyclic amines) is 1. The molecule has 1 saturated heterocycles. The second-order valence-electron chi connectivity index (χ2n) is 13.3. The summed E-state index contributed by atoms with van der Waals surface area (Å²) in [4.78, 5) is 38.4. The predicted molar refractivity (Wildman–Crippen MR) is 192 cm³/mol. The maximum atomic E-state index is 13.0. The number of aromatic nitrogens is 4. The van der Waals surface area contributed by atoms with Gasteiger partial charge in [0, 0.05) is 69.0 Å². The molecule has 2 amide bonds. The summed E-state index contributed by atoms with van der Waals surface area (Å²) in [6.45, 7) is 7.07. The first kappa shape index (κ1) is 34.0. The van der Waals surface area contributed by atoms with Gasteiger partial charge in [-0.05, 0) is 75.2 Å². The topological polar surface area (TPSA) is 136 Å². The molecule has 1 atom stereocenters. The van der Waals surface area contributed by atoms with E-state index in [1.54, 1.807) is 54.7 Å². The average Bonchev–Trinajstić information content (AvgIpc) is 3.70. The molecule has 1 aliphatic heterocycles. The third-order valence-electron chi connectivity index (χ3n) is 8.11. The van der Waals surface area contributed by atoms with Crippen molar-refractivity contribution in [2.24, 2.45) is 0 Å². The van der Waals surface area contributed by atoms with E-state index in [1.807, 2.05) is 80.8 Å². The number of ether oxygens (including phenoxy) is 3. The molecule has 0 unspecified atom stereocenters. The molecular weight excluding hydrogens is 636 g/mol. The smallest absolute Gasteiger partial charge is 0.410 e. The molecular formula is C37H42N8O5. The number of methoxy groups -OCH3 is 1. The van der Waals surface area contributed by atoms with Gasteiger partial charge in [0.15, 0.2) is 11.5 Å². The summed E-state index contributed by atoms with van der Waals surface area (Å²) >= 11 is 0. The Labute approximate surface area is 291 Å². The van der Waals surface area contributed by atoms with Crippen molar-refractivity contribution in [1.82, 2.24) is 24.6 Å². The molecule has 2 aromatic carbocycles. The summed E-state index contributed by atoms with van der Waals surface area (Å²) in [6, 6.07) is 20.1. The number of carbonyl (C=O) groups excluding carboxylic acids is 2. The van der Waals surface area contributed by atoms with Crippen molar-refractivity contribution < 1.29 is 23.8 Å². The fourth-order valence-corrected chi connectivity index (χ4v) is 5.59. The second-order valence-corrected chi connectivity index (χ2v) is 13.3. The highest BCUT2D eigenvalue weighted by Gasteiger charge is 2.31. The zero-order chi connectivity index (χ0) is 35.4. The van der Waals surface area contributed by atoms with Gasteiger partial charge in [-0.2, -0.15) is 5.10 Å². The zero-order valence-corrected chi connectivity index (χ0v) is 29.1. The van der Waals surface area contributed by atoms with Crippen molar-refractivity contribution in [2.45, 2.75) is 45.4 Å². The lowest BCUT2D eigenvalue weighted by atomic mass is 10.2. The van der Waals surface area contributed by atoms with Crippen LogP contribution in [0.1, 0.15) is 43.1 Å². The van der Waals surface area contributed by atoms with Crippen LogP contribution in [0.2, 0.25) is 0 Å². The van der Waals surface area contributed by atoms with E-state index in [0.717, 1.165) is 23.4 Å². The van der Waals surface area contributed by atoms with E-state index >= 15 is 0 Å². The van der Waals surface area contributed by atoms with Crippen LogP contribution in [0.15, 0.2) is 79.1 Å². The van der Waals surface area contributed by atoms with Gasteiger partial charge in [0.1, 0.15) is 34.1 Å². The van der Waals surface area contributed by atoms with Crippen molar-refractivity contribution >= 4 is 40.4 Å². The molecule has 0 aliphatic carbocycles. The van der Waals surface area contributed by atoms with Gasteiger partial charge in [-0.1, -0.05) is 12.1 Å². The van der Waals surface area contributed by atoms with Gasteiger partial charge in [-0.25, -0.2) is 19.4 Å². The van der Waals surface area contributed by atoms with Gasteiger partial charge in [0.2, 0.25) is 0 Å². The van der Waals surface area contributed by atoms with Gasteiger partial charge in [0.25, 0.3) is 5.91 Å². The summed E-state index contributed by atoms with van der Waals surface area (Å²) in [7, 11) is 5.49. The lowest BCUT2D eigenvalue weighted by molar-refractivity contribution is 0.0293. The average molecular weight is 679 g/mol. The number of anilines is 3. The Hall–Kier alpha value is -5.85. The maximum absolute atomic E-state index is 13.0. The Bertz CT molecular complexity index is 1970. The van der Waals surface area contributed by atoms with Gasteiger partial charge in [-0.3, -0.25) is 4.79 Å². The highest BCUT2D eigenvalue weighted by atomic mass is 16.6. The molecule has 1 aliphatic rings. The first-order chi connectivity index (χ1) is 24.0. The van der Waals surface area contributed by atoms with Crippen LogP contribution in [0.3, 0.4) is 0 Å². The molecule has 3 aromatic heterocycles. The number of hydrogen-bond acceptors (Lipinski definition) is 10. The molecule has 260 valence electrons. The Morgan fingerprint density at radius 1 is 0.960 bits per heavy atom. The van der Waals surface area contributed by atoms with Crippen LogP contribution < -0.4 is 25.0 Å². The van der Waals surface area contributed by atoms with Crippen molar-refractivity contribution in [3.63, 3.8) is 0 Å². The van der Waals surface area contributed by atoms with E-state index in [2.05, 4.69) is 15.6 Å². The quantitative estimate of drug-likeness (QED) is 0.170. The van der Waals surface area contributed by atoms with E-state index in [1.165, 1.54) is 0 Å². The second kappa shape index (κ2) is 14.3. The molecule has 2 N–H and O–H groups in total. The fraction of sp³-hybridized carbons (Fsp3) is 0.324. The fourth-order valence-electron chi connectivity index (χ4n) is 5.59. The van der Waals surface area contributed by atoms with Gasteiger partial charge in [0.05, 0.1) is 13.7 Å². The van der Waals surface area contributed by atoms with Gasteiger partial charge in [-0.15, -0.1) is 0 Å². The van der Waals surface area contributed by atoms with Crippen LogP contribution in [-0.4, -0.2) is 82.6 Å². The molecule has 0 radical (unpaired) electrons. The molecule has 0 bridgehead atoms. The number of nitrogens with one attached hydrogen (secondary N) is 2. The minimum Gasteiger partial charge on any atom is -0.497 e. The number of benzene rings is 2. The lowest BCUT2D eigenvalue weighted by Gasteiger charge is -2.24. The van der Waals surface area contributed by atoms with E-state index < -0.39 is 5.60 Å². The summed E-state index contributed by atoms with van der Waals surface area (Å²) in [6.07, 6.45) is 3.73. The van der Waals surface area contributed by atoms with Crippen molar-refractivity contribution in [3.05, 3.63) is 90.3 Å². The summed E-state index contributed by atoms with van der Waals surface area (Å²) in [5, 5.41) is 12.1. The molecule has 6 rings (SSSR count). The first-order valence-electron chi connectivity index (χ1n) is 16.4. The highest BCUT2D eigenvalue weighted by Crippen LogP contribution is 2.35. The van der Waals surface area contributed by atoms with Gasteiger partial charge >= 0.3 is 6.09 Å². The number of nitrogens with zero attached hydrogens (tertiary/aromatic N) is 6. The van der Waals surface area contributed by atoms with Crippen molar-refractivity contribution in [2.75, 3.05) is 49.8 Å². The number of fused-ring (bicyclic) bond motifs is 1. The molecule has 4 heterocycles. The molecule has 13 nitrogen and oxygen atoms in total. The van der Waals surface area contributed by atoms with Crippen molar-refractivity contribution in [3.8, 4) is 17.2 Å². The number of hydrogen-bond donors (Lipinski definition) is 2. The monoisotopic (exact) mass is 678 g/mol. The SMILES string of the molecule is COc1ccc(Cn2nc(N[C@@H]3CCN(C(=O)OC(C)(C)C)C3)c3c(Oc4ccc(C(=O)Nc5cc(N(C)C)ccn5)cc4)ccnc32)cc1. The summed E-state index contributed by atoms with van der Waals surface area (Å²) < 4.78 is 19.2. The van der Waals surface area contributed by atoms with E-state index in [9.17, 15) is 9.59 Å². The van der Waals surface area contributed by atoms with Crippen LogP contribution in [0.25, 0.3) is 11.0 Å². The molecule has 5 aromatic rings. The predicted octanol–water partition coefficient (Wildman–Crippen LogP) is 6.42. The number of carbonyl (C=O) groups is 2. The van der Waals surface area contributed by atoms with Crippen LogP contribution in [0, 0.1) is 0 Å². The standard InChI is InChI=1S/C37H42N8O5/c1-37(2,3)50-36(47)44-20-17-26(23-44)40-33-32-30(16-19-39-34(32)45(42-33)22-24-7-11-28(48-6)12-8-24)49-29-13-9-25(10-14-29)35(46)41-31-21-27(43(4)5)15-18-38-31/h7-16,18-19,21,26H,17,20,22-23H2,1-6H3,(H,40,42)(H,38,41,46)/t26-/m1/s1. The number of rotatable bonds is 10. The zero-order valence-electron chi connectivity index (χ0n) is 29.1. The third-order valence-corrected chi connectivity index (χ3v) is 8.11. The Kier molecular flexibility index (Phi) is 9.75. The third kappa shape index (κ3) is 8.05. The van der Waals surface area contributed by atoms with Crippen LogP contribution >= 0.6 is 0 Å². The van der Waals surface area contributed by atoms with E-state index in [4.69, 9.17) is 24.3 Å². The molecule has 50 heavy (non-hydrogen) atoms. The highest BCUT2D eigenvalue weighted by molar-refractivity contribution is 6.04. The van der Waals surface area contributed by atoms with Crippen molar-refractivity contribution in [1.29, 1.82) is 0 Å². The minimum atomic E-state index is -0.575. The number of pyridine rings is 2. The Balaban J connectivity index is 1.24. The van der Waals surface area contributed by atoms with Crippen LogP contribution in [0.5, 0.6) is 17.2 Å². The minimum absolute atomic E-state index is 0.0613. The molecule has 13 heteroatoms. The maximum Gasteiger partial charge on any atom is 0.410 e. The van der Waals surface area contributed by atoms with E-state index in [0.29, 0.717) is 59.4 Å². The largest absolute Gasteiger partial charge is 0.497 e. The molecule has 0 saturated carbocycles. The Morgan fingerprint density at radius 2 is 1.68 bits per heavy atom. The normalized spacial score (nSPS) is 14.4. The Morgan fingerprint density at radius 3 is 2.38 bits per heavy atom.